The van der Waals surface area contributed by atoms with E-state index in [-0.39, 0.29) is 5.92 Å². The Morgan fingerprint density at radius 3 is 1.82 bits per heavy atom. The van der Waals surface area contributed by atoms with Gasteiger partial charge in [0.05, 0.1) is 0 Å². The molecule has 33 heavy (non-hydrogen) atoms. The van der Waals surface area contributed by atoms with Crippen LogP contribution in [-0.4, -0.2) is 0 Å². The lowest BCUT2D eigenvalue weighted by Gasteiger charge is -2.38. The van der Waals surface area contributed by atoms with Gasteiger partial charge in [0.2, 0.25) is 0 Å². The summed E-state index contributed by atoms with van der Waals surface area (Å²) in [6.45, 7) is 10.3. The lowest BCUT2D eigenvalue weighted by Crippen LogP contribution is -2.25. The molecule has 0 radical (unpaired) electrons. The maximum Gasteiger partial charge on any atom is 0.166 e. The molecule has 0 aliphatic heterocycles. The quantitative estimate of drug-likeness (QED) is 0.421. The van der Waals surface area contributed by atoms with Gasteiger partial charge in [-0.2, -0.15) is 0 Å². The van der Waals surface area contributed by atoms with Crippen molar-refractivity contribution in [2.45, 2.75) is 105 Å². The van der Waals surface area contributed by atoms with Gasteiger partial charge in [0.1, 0.15) is 0 Å². The third-order valence-electron chi connectivity index (χ3n) is 8.11. The predicted octanol–water partition coefficient (Wildman–Crippen LogP) is 10.2. The molecule has 2 aliphatic carbocycles. The van der Waals surface area contributed by atoms with Crippen LogP contribution in [0.15, 0.2) is 30.3 Å². The molecule has 2 fully saturated rings. The molecule has 0 nitrogen and oxygen atoms in total. The van der Waals surface area contributed by atoms with Gasteiger partial charge in [-0.15, -0.1) is 0 Å². The highest BCUT2D eigenvalue weighted by molar-refractivity contribution is 5.66. The summed E-state index contributed by atoms with van der Waals surface area (Å²) in [5, 5.41) is 0. The summed E-state index contributed by atoms with van der Waals surface area (Å²) in [7, 11) is 0. The maximum absolute atomic E-state index is 15.1. The van der Waals surface area contributed by atoms with Crippen molar-refractivity contribution in [3.63, 3.8) is 0 Å². The van der Waals surface area contributed by atoms with Gasteiger partial charge in [0.15, 0.2) is 11.6 Å². The minimum atomic E-state index is -0.682. The highest BCUT2D eigenvalue weighted by atomic mass is 19.2. The molecule has 0 unspecified atom stereocenters. The van der Waals surface area contributed by atoms with Gasteiger partial charge in [-0.05, 0) is 87.2 Å². The van der Waals surface area contributed by atoms with Gasteiger partial charge >= 0.3 is 0 Å². The first-order valence-electron chi connectivity index (χ1n) is 13.5. The van der Waals surface area contributed by atoms with Gasteiger partial charge in [-0.1, -0.05) is 87.9 Å². The fourth-order valence-electron chi connectivity index (χ4n) is 6.49. The van der Waals surface area contributed by atoms with Crippen LogP contribution in [0, 0.1) is 43.2 Å². The van der Waals surface area contributed by atoms with Crippen LogP contribution in [0.5, 0.6) is 0 Å². The molecule has 0 amide bonds. The molecule has 2 heteroatoms. The first-order valence-corrected chi connectivity index (χ1v) is 13.5. The van der Waals surface area contributed by atoms with Crippen LogP contribution in [0.4, 0.5) is 8.78 Å². The lowest BCUT2D eigenvalue weighted by atomic mass is 9.68. The zero-order valence-electron chi connectivity index (χ0n) is 21.5. The summed E-state index contributed by atoms with van der Waals surface area (Å²) in [6, 6.07) is 9.58. The second-order valence-electron chi connectivity index (χ2n) is 10.4. The Bertz CT molecular complexity index is 864. The first-order chi connectivity index (χ1) is 16.0. The van der Waals surface area contributed by atoms with Crippen LogP contribution >= 0.6 is 0 Å². The van der Waals surface area contributed by atoms with E-state index in [9.17, 15) is 0 Å². The zero-order valence-corrected chi connectivity index (χ0v) is 21.5. The molecule has 4 rings (SSSR count). The molecule has 0 heterocycles. The van der Waals surface area contributed by atoms with Crippen LogP contribution in [0.3, 0.4) is 0 Å². The van der Waals surface area contributed by atoms with E-state index in [0.717, 1.165) is 47.3 Å². The summed E-state index contributed by atoms with van der Waals surface area (Å²) in [6.07, 6.45) is 12.6. The highest BCUT2D eigenvalue weighted by Crippen LogP contribution is 2.45. The summed E-state index contributed by atoms with van der Waals surface area (Å²) >= 11 is 0. The number of rotatable bonds is 5. The largest absolute Gasteiger partial charge is 0.203 e. The molecule has 2 saturated carbocycles. The molecule has 0 aromatic heterocycles. The summed E-state index contributed by atoms with van der Waals surface area (Å²) in [5.41, 5.74) is 3.88. The minimum absolute atomic E-state index is 0.162. The summed E-state index contributed by atoms with van der Waals surface area (Å²) < 4.78 is 30.2. The van der Waals surface area contributed by atoms with Crippen LogP contribution in [0.1, 0.15) is 108 Å². The van der Waals surface area contributed by atoms with E-state index in [0.29, 0.717) is 11.1 Å². The minimum Gasteiger partial charge on any atom is -0.203 e. The topological polar surface area (TPSA) is 0 Å². The number of benzene rings is 2. The van der Waals surface area contributed by atoms with Crippen molar-refractivity contribution in [1.82, 2.24) is 0 Å². The third kappa shape index (κ3) is 6.25. The molecule has 0 atom stereocenters. The van der Waals surface area contributed by atoms with Crippen LogP contribution in [0.25, 0.3) is 11.1 Å². The molecular weight excluding hydrogens is 410 g/mol. The number of hydrogen-bond donors (Lipinski definition) is 0. The smallest absolute Gasteiger partial charge is 0.166 e. The second kappa shape index (κ2) is 12.1. The molecule has 0 saturated heterocycles. The van der Waals surface area contributed by atoms with E-state index in [2.05, 4.69) is 13.0 Å². The van der Waals surface area contributed by atoms with Gasteiger partial charge in [0, 0.05) is 5.56 Å². The highest BCUT2D eigenvalue weighted by Gasteiger charge is 2.32. The van der Waals surface area contributed by atoms with Crippen LogP contribution in [0.2, 0.25) is 0 Å². The Labute approximate surface area is 201 Å². The SMILES string of the molecule is CC.CCCC1CCC(C2CCC(c3ccc(-c4cc(C)cc(C)c4)c(F)c3F)CC2)CC1. The van der Waals surface area contributed by atoms with E-state index < -0.39 is 11.6 Å². The van der Waals surface area contributed by atoms with Gasteiger partial charge in [-0.3, -0.25) is 0 Å². The Morgan fingerprint density at radius 2 is 1.27 bits per heavy atom. The fraction of sp³-hybridized carbons (Fsp3) is 0.613. The van der Waals surface area contributed by atoms with Crippen molar-refractivity contribution in [1.29, 1.82) is 0 Å². The average molecular weight is 455 g/mol. The molecule has 2 aromatic rings. The third-order valence-corrected chi connectivity index (χ3v) is 8.11. The molecule has 0 spiro atoms. The number of hydrogen-bond acceptors (Lipinski definition) is 0. The normalized spacial score (nSPS) is 25.3. The van der Waals surface area contributed by atoms with Gasteiger partial charge in [0.25, 0.3) is 0 Å². The number of halogens is 2. The van der Waals surface area contributed by atoms with Crippen molar-refractivity contribution in [3.8, 4) is 11.1 Å². The van der Waals surface area contributed by atoms with E-state index >= 15 is 8.78 Å². The van der Waals surface area contributed by atoms with E-state index in [4.69, 9.17) is 0 Å². The Hall–Kier alpha value is -1.70. The van der Waals surface area contributed by atoms with Crippen LogP contribution in [-0.2, 0) is 0 Å². The zero-order chi connectivity index (χ0) is 24.0. The first kappa shape index (κ1) is 25.9. The van der Waals surface area contributed by atoms with Crippen molar-refractivity contribution >= 4 is 0 Å². The van der Waals surface area contributed by atoms with Crippen LogP contribution < -0.4 is 0 Å². The maximum atomic E-state index is 15.1. The van der Waals surface area contributed by atoms with Crippen molar-refractivity contribution in [2.75, 3.05) is 0 Å². The molecule has 0 N–H and O–H groups in total. The predicted molar refractivity (Wildman–Crippen MR) is 138 cm³/mol. The molecule has 2 aromatic carbocycles. The van der Waals surface area contributed by atoms with E-state index in [1.807, 2.05) is 45.9 Å². The lowest BCUT2D eigenvalue weighted by molar-refractivity contribution is 0.156. The summed E-state index contributed by atoms with van der Waals surface area (Å²) in [4.78, 5) is 0. The molecule has 0 bridgehead atoms. The van der Waals surface area contributed by atoms with E-state index in [1.165, 1.54) is 51.4 Å². The Morgan fingerprint density at radius 1 is 0.727 bits per heavy atom. The molecule has 182 valence electrons. The monoisotopic (exact) mass is 454 g/mol. The molecule has 2 aliphatic rings. The van der Waals surface area contributed by atoms with E-state index in [1.54, 1.807) is 6.07 Å². The Kier molecular flexibility index (Phi) is 9.53. The van der Waals surface area contributed by atoms with Crippen molar-refractivity contribution in [3.05, 3.63) is 58.7 Å². The van der Waals surface area contributed by atoms with Crippen molar-refractivity contribution < 1.29 is 8.78 Å². The van der Waals surface area contributed by atoms with Gasteiger partial charge < -0.3 is 0 Å². The standard InChI is InChI=1S/C29H38F2.C2H6/c1-4-5-21-6-8-22(9-7-21)23-10-12-24(13-11-23)26-14-15-27(29(31)28(26)30)25-17-19(2)16-20(3)18-25;1-2/h14-18,21-24H,4-13H2,1-3H3;1-2H3. The fourth-order valence-corrected chi connectivity index (χ4v) is 6.49. The van der Waals surface area contributed by atoms with Crippen molar-refractivity contribution in [2.24, 2.45) is 17.8 Å². The molecular formula is C31H44F2. The second-order valence-corrected chi connectivity index (χ2v) is 10.4. The van der Waals surface area contributed by atoms with Gasteiger partial charge in [-0.25, -0.2) is 8.78 Å². The Balaban J connectivity index is 0.00000149. The summed E-state index contributed by atoms with van der Waals surface area (Å²) in [5.74, 6) is 1.46. The average Bonchev–Trinajstić information content (AvgIpc) is 2.82. The number of aryl methyl sites for hydroxylation is 2.